The molecule has 1 fully saturated rings. The van der Waals surface area contributed by atoms with Gasteiger partial charge in [-0.1, -0.05) is 23.7 Å². The fraction of sp³-hybridized carbons (Fsp3) is 0.500. The molecule has 0 aliphatic carbocycles. The number of nitrogens with zero attached hydrogens (tertiary/aromatic N) is 2. The average molecular weight is 324 g/mol. The Hall–Kier alpha value is -1.59. The Bertz CT molecular complexity index is 533. The van der Waals surface area contributed by atoms with Crippen LogP contribution in [0.1, 0.15) is 18.4 Å². The highest BCUT2D eigenvalue weighted by Crippen LogP contribution is 2.16. The molecule has 2 amide bonds. The van der Waals surface area contributed by atoms with Crippen LogP contribution in [0, 0.1) is 5.92 Å². The van der Waals surface area contributed by atoms with E-state index >= 15 is 0 Å². The van der Waals surface area contributed by atoms with Gasteiger partial charge in [0, 0.05) is 25.2 Å². The molecule has 1 atom stereocenters. The van der Waals surface area contributed by atoms with Crippen LogP contribution in [0.15, 0.2) is 24.3 Å². The predicted molar refractivity (Wildman–Crippen MR) is 86.3 cm³/mol. The minimum atomic E-state index is -0.272. The highest BCUT2D eigenvalue weighted by atomic mass is 35.5. The largest absolute Gasteiger partial charge is 0.369 e. The predicted octanol–water partition coefficient (Wildman–Crippen LogP) is 1.50. The van der Waals surface area contributed by atoms with Crippen LogP contribution in [-0.2, 0) is 16.1 Å². The van der Waals surface area contributed by atoms with Crippen molar-refractivity contribution >= 4 is 23.4 Å². The lowest BCUT2D eigenvalue weighted by molar-refractivity contribution is -0.133. The SMILES string of the molecule is CN(Cc1ccc(Cl)cc1)C(=O)CN1CCC[C@H](C(N)=O)C1. The van der Waals surface area contributed by atoms with E-state index < -0.39 is 0 Å². The molecule has 1 heterocycles. The van der Waals surface area contributed by atoms with E-state index in [1.165, 1.54) is 0 Å². The number of hydrogen-bond donors (Lipinski definition) is 1. The van der Waals surface area contributed by atoms with Crippen LogP contribution in [0.3, 0.4) is 0 Å². The molecule has 0 bridgehead atoms. The highest BCUT2D eigenvalue weighted by molar-refractivity contribution is 6.30. The number of amides is 2. The molecule has 0 radical (unpaired) electrons. The molecule has 120 valence electrons. The minimum absolute atomic E-state index is 0.0417. The summed E-state index contributed by atoms with van der Waals surface area (Å²) in [5, 5.41) is 0.684. The van der Waals surface area contributed by atoms with Crippen LogP contribution in [0.2, 0.25) is 5.02 Å². The number of likely N-dealkylation sites (N-methyl/N-ethyl adjacent to an activating group) is 1. The third-order valence-corrected chi connectivity index (χ3v) is 4.28. The summed E-state index contributed by atoms with van der Waals surface area (Å²) in [6, 6.07) is 7.46. The molecule has 0 spiro atoms. The van der Waals surface area contributed by atoms with E-state index in [0.717, 1.165) is 24.9 Å². The van der Waals surface area contributed by atoms with E-state index in [1.54, 1.807) is 11.9 Å². The van der Waals surface area contributed by atoms with Crippen LogP contribution in [0.4, 0.5) is 0 Å². The second kappa shape index (κ2) is 7.61. The summed E-state index contributed by atoms with van der Waals surface area (Å²) in [7, 11) is 1.78. The van der Waals surface area contributed by atoms with Crippen molar-refractivity contribution in [1.29, 1.82) is 0 Å². The van der Waals surface area contributed by atoms with Crippen molar-refractivity contribution in [3.8, 4) is 0 Å². The van der Waals surface area contributed by atoms with Gasteiger partial charge in [-0.25, -0.2) is 0 Å². The molecule has 6 heteroatoms. The van der Waals surface area contributed by atoms with Gasteiger partial charge in [0.05, 0.1) is 12.5 Å². The average Bonchev–Trinajstić information content (AvgIpc) is 2.49. The Balaban J connectivity index is 1.85. The van der Waals surface area contributed by atoms with Gasteiger partial charge >= 0.3 is 0 Å². The molecule has 2 rings (SSSR count). The Morgan fingerprint density at radius 1 is 1.36 bits per heavy atom. The van der Waals surface area contributed by atoms with Crippen LogP contribution < -0.4 is 5.73 Å². The first kappa shape index (κ1) is 16.8. The van der Waals surface area contributed by atoms with Crippen molar-refractivity contribution in [3.05, 3.63) is 34.9 Å². The third-order valence-electron chi connectivity index (χ3n) is 4.03. The molecule has 1 aliphatic heterocycles. The van der Waals surface area contributed by atoms with Crippen LogP contribution in [-0.4, -0.2) is 48.3 Å². The number of rotatable bonds is 5. The summed E-state index contributed by atoms with van der Waals surface area (Å²) in [6.07, 6.45) is 1.72. The van der Waals surface area contributed by atoms with Gasteiger partial charge in [-0.3, -0.25) is 14.5 Å². The van der Waals surface area contributed by atoms with E-state index in [0.29, 0.717) is 24.7 Å². The third kappa shape index (κ3) is 4.71. The number of halogens is 1. The van der Waals surface area contributed by atoms with E-state index in [1.807, 2.05) is 29.2 Å². The molecule has 1 aliphatic rings. The first-order valence-corrected chi connectivity index (χ1v) is 7.83. The van der Waals surface area contributed by atoms with Crippen LogP contribution >= 0.6 is 11.6 Å². The lowest BCUT2D eigenvalue weighted by Gasteiger charge is -2.31. The van der Waals surface area contributed by atoms with Crippen molar-refractivity contribution in [2.75, 3.05) is 26.7 Å². The molecule has 2 N–H and O–H groups in total. The standard InChI is InChI=1S/C16H22ClN3O2/c1-19(9-12-4-6-14(17)7-5-12)15(21)11-20-8-2-3-13(10-20)16(18)22/h4-7,13H,2-3,8-11H2,1H3,(H2,18,22)/t13-/m0/s1. The summed E-state index contributed by atoms with van der Waals surface area (Å²) in [5.74, 6) is -0.366. The first-order valence-electron chi connectivity index (χ1n) is 7.46. The van der Waals surface area contributed by atoms with E-state index in [9.17, 15) is 9.59 Å². The fourth-order valence-corrected chi connectivity index (χ4v) is 2.82. The van der Waals surface area contributed by atoms with Crippen LogP contribution in [0.5, 0.6) is 0 Å². The lowest BCUT2D eigenvalue weighted by atomic mass is 9.97. The van der Waals surface area contributed by atoms with Gasteiger partial charge in [-0.05, 0) is 37.1 Å². The summed E-state index contributed by atoms with van der Waals surface area (Å²) < 4.78 is 0. The number of nitrogens with two attached hydrogens (primary N) is 1. The normalized spacial score (nSPS) is 18.9. The molecule has 22 heavy (non-hydrogen) atoms. The smallest absolute Gasteiger partial charge is 0.236 e. The number of primary amides is 1. The summed E-state index contributed by atoms with van der Waals surface area (Å²) in [5.41, 5.74) is 6.40. The lowest BCUT2D eigenvalue weighted by Crippen LogP contribution is -2.45. The highest BCUT2D eigenvalue weighted by Gasteiger charge is 2.25. The maximum atomic E-state index is 12.3. The Morgan fingerprint density at radius 2 is 2.05 bits per heavy atom. The zero-order chi connectivity index (χ0) is 16.1. The number of carbonyl (C=O) groups is 2. The maximum absolute atomic E-state index is 12.3. The summed E-state index contributed by atoms with van der Waals surface area (Å²) in [4.78, 5) is 27.3. The Kier molecular flexibility index (Phi) is 5.80. The van der Waals surface area contributed by atoms with Crippen molar-refractivity contribution < 1.29 is 9.59 Å². The molecule has 1 aromatic carbocycles. The molecule has 1 aromatic rings. The molecule has 0 saturated carbocycles. The second-order valence-electron chi connectivity index (χ2n) is 5.85. The van der Waals surface area contributed by atoms with E-state index in [2.05, 4.69) is 0 Å². The van der Waals surface area contributed by atoms with Crippen molar-refractivity contribution in [3.63, 3.8) is 0 Å². The zero-order valence-corrected chi connectivity index (χ0v) is 13.6. The summed E-state index contributed by atoms with van der Waals surface area (Å²) in [6.45, 7) is 2.29. The monoisotopic (exact) mass is 323 g/mol. The van der Waals surface area contributed by atoms with Gasteiger partial charge in [-0.15, -0.1) is 0 Å². The molecule has 5 nitrogen and oxygen atoms in total. The number of carbonyl (C=O) groups excluding carboxylic acids is 2. The fourth-order valence-electron chi connectivity index (χ4n) is 2.70. The Morgan fingerprint density at radius 3 is 2.68 bits per heavy atom. The maximum Gasteiger partial charge on any atom is 0.236 e. The van der Waals surface area contributed by atoms with Gasteiger partial charge < -0.3 is 10.6 Å². The minimum Gasteiger partial charge on any atom is -0.369 e. The number of hydrogen-bond acceptors (Lipinski definition) is 3. The molecule has 0 aromatic heterocycles. The topological polar surface area (TPSA) is 66.6 Å². The Labute approximate surface area is 136 Å². The molecule has 1 saturated heterocycles. The molecular weight excluding hydrogens is 302 g/mol. The van der Waals surface area contributed by atoms with Crippen LogP contribution in [0.25, 0.3) is 0 Å². The van der Waals surface area contributed by atoms with Gasteiger partial charge in [0.2, 0.25) is 11.8 Å². The molecular formula is C16H22ClN3O2. The van der Waals surface area contributed by atoms with E-state index in [-0.39, 0.29) is 17.7 Å². The zero-order valence-electron chi connectivity index (χ0n) is 12.8. The van der Waals surface area contributed by atoms with Crippen molar-refractivity contribution in [1.82, 2.24) is 9.80 Å². The van der Waals surface area contributed by atoms with Gasteiger partial charge in [-0.2, -0.15) is 0 Å². The quantitative estimate of drug-likeness (QED) is 0.893. The number of likely N-dealkylation sites (tertiary alicyclic amines) is 1. The van der Waals surface area contributed by atoms with Gasteiger partial charge in [0.15, 0.2) is 0 Å². The summed E-state index contributed by atoms with van der Waals surface area (Å²) >= 11 is 5.85. The molecule has 0 unspecified atom stereocenters. The first-order chi connectivity index (χ1) is 10.5. The number of piperidine rings is 1. The van der Waals surface area contributed by atoms with Crippen molar-refractivity contribution in [2.45, 2.75) is 19.4 Å². The second-order valence-corrected chi connectivity index (χ2v) is 6.29. The van der Waals surface area contributed by atoms with Crippen molar-refractivity contribution in [2.24, 2.45) is 11.7 Å². The van der Waals surface area contributed by atoms with Gasteiger partial charge in [0.25, 0.3) is 0 Å². The van der Waals surface area contributed by atoms with E-state index in [4.69, 9.17) is 17.3 Å². The number of benzene rings is 1. The van der Waals surface area contributed by atoms with Gasteiger partial charge in [0.1, 0.15) is 0 Å².